The van der Waals surface area contributed by atoms with E-state index in [2.05, 4.69) is 27.3 Å². The predicted octanol–water partition coefficient (Wildman–Crippen LogP) is 3.83. The number of nitrogens with zero attached hydrogens (tertiary/aromatic N) is 4. The molecule has 0 fully saturated rings. The van der Waals surface area contributed by atoms with Crippen molar-refractivity contribution in [2.45, 2.75) is 45.2 Å². The van der Waals surface area contributed by atoms with Crippen LogP contribution in [0.3, 0.4) is 0 Å². The minimum atomic E-state index is -0.168. The van der Waals surface area contributed by atoms with Crippen molar-refractivity contribution in [3.8, 4) is 11.5 Å². The predicted molar refractivity (Wildman–Crippen MR) is 118 cm³/mol. The molecule has 1 aromatic carbocycles. The molecular formula is C21H27N5O3S. The molecule has 2 heterocycles. The molecular weight excluding hydrogens is 402 g/mol. The Hall–Kier alpha value is -2.81. The van der Waals surface area contributed by atoms with Crippen molar-refractivity contribution >= 4 is 29.1 Å². The zero-order chi connectivity index (χ0) is 21.7. The molecule has 0 aliphatic carbocycles. The maximum Gasteiger partial charge on any atom is 0.253 e. The fourth-order valence-corrected chi connectivity index (χ4v) is 3.79. The molecule has 0 aliphatic rings. The van der Waals surface area contributed by atoms with Gasteiger partial charge in [0.1, 0.15) is 11.5 Å². The highest BCUT2D eigenvalue weighted by Crippen LogP contribution is 2.26. The van der Waals surface area contributed by atoms with Gasteiger partial charge in [0.05, 0.1) is 20.0 Å². The number of fused-ring (bicyclic) bond motifs is 1. The van der Waals surface area contributed by atoms with E-state index in [1.54, 1.807) is 36.9 Å². The largest absolute Gasteiger partial charge is 0.497 e. The molecule has 0 unspecified atom stereocenters. The van der Waals surface area contributed by atoms with Crippen molar-refractivity contribution < 1.29 is 14.3 Å². The highest BCUT2D eigenvalue weighted by molar-refractivity contribution is 7.99. The number of aromatic nitrogens is 4. The standard InChI is InChI=1S/C21H27N5O3S/c1-6-7-8-18-13(2)22-20-24-21(25-26(20)14(18)3)30-12-19(27)23-15-9-16(28-4)11-17(10-15)29-5/h9-11H,6-8,12H2,1-5H3,(H,23,27). The van der Waals surface area contributed by atoms with Crippen molar-refractivity contribution in [3.05, 3.63) is 35.2 Å². The van der Waals surface area contributed by atoms with Crippen LogP contribution in [-0.4, -0.2) is 45.5 Å². The number of hydrogen-bond acceptors (Lipinski definition) is 7. The van der Waals surface area contributed by atoms with Crippen LogP contribution in [0.1, 0.15) is 36.7 Å². The van der Waals surface area contributed by atoms with Crippen molar-refractivity contribution in [1.82, 2.24) is 19.6 Å². The SMILES string of the molecule is CCCCc1c(C)nc2nc(SCC(=O)Nc3cc(OC)cc(OC)c3)nn2c1C. The third kappa shape index (κ3) is 5.02. The van der Waals surface area contributed by atoms with Gasteiger partial charge in [-0.1, -0.05) is 25.1 Å². The molecule has 0 aliphatic heterocycles. The Labute approximate surface area is 180 Å². The van der Waals surface area contributed by atoms with Gasteiger partial charge in [0.15, 0.2) is 0 Å². The number of ether oxygens (including phenoxy) is 2. The molecule has 160 valence electrons. The van der Waals surface area contributed by atoms with Crippen molar-refractivity contribution in [1.29, 1.82) is 0 Å². The van der Waals surface area contributed by atoms with Crippen molar-refractivity contribution in [2.75, 3.05) is 25.3 Å². The maximum absolute atomic E-state index is 12.4. The summed E-state index contributed by atoms with van der Waals surface area (Å²) in [6.07, 6.45) is 3.22. The normalized spacial score (nSPS) is 11.0. The zero-order valence-corrected chi connectivity index (χ0v) is 18.8. The number of benzene rings is 1. The minimum absolute atomic E-state index is 0.168. The van der Waals surface area contributed by atoms with E-state index in [0.29, 0.717) is 28.1 Å². The van der Waals surface area contributed by atoms with E-state index in [9.17, 15) is 4.79 Å². The van der Waals surface area contributed by atoms with E-state index in [0.717, 1.165) is 30.7 Å². The Morgan fingerprint density at radius 2 is 1.83 bits per heavy atom. The fraction of sp³-hybridized carbons (Fsp3) is 0.429. The van der Waals surface area contributed by atoms with Crippen LogP contribution in [-0.2, 0) is 11.2 Å². The highest BCUT2D eigenvalue weighted by Gasteiger charge is 2.15. The summed E-state index contributed by atoms with van der Waals surface area (Å²) in [5.41, 5.74) is 3.87. The van der Waals surface area contributed by atoms with Crippen LogP contribution in [0.2, 0.25) is 0 Å². The molecule has 2 aromatic heterocycles. The molecule has 0 saturated carbocycles. The number of amides is 1. The molecule has 3 rings (SSSR count). The Balaban J connectivity index is 1.69. The molecule has 0 bridgehead atoms. The smallest absolute Gasteiger partial charge is 0.253 e. The van der Waals surface area contributed by atoms with E-state index in [1.165, 1.54) is 17.3 Å². The van der Waals surface area contributed by atoms with Gasteiger partial charge < -0.3 is 14.8 Å². The van der Waals surface area contributed by atoms with Gasteiger partial charge in [-0.25, -0.2) is 9.50 Å². The van der Waals surface area contributed by atoms with Gasteiger partial charge in [-0.3, -0.25) is 4.79 Å². The number of hydrogen-bond donors (Lipinski definition) is 1. The summed E-state index contributed by atoms with van der Waals surface area (Å²) >= 11 is 1.27. The van der Waals surface area contributed by atoms with Crippen LogP contribution >= 0.6 is 11.8 Å². The second kappa shape index (κ2) is 9.80. The average molecular weight is 430 g/mol. The first-order chi connectivity index (χ1) is 14.4. The first-order valence-electron chi connectivity index (χ1n) is 9.83. The molecule has 0 saturated heterocycles. The second-order valence-corrected chi connectivity index (χ2v) is 7.85. The number of carbonyl (C=O) groups excluding carboxylic acids is 1. The Morgan fingerprint density at radius 1 is 1.13 bits per heavy atom. The maximum atomic E-state index is 12.4. The van der Waals surface area contributed by atoms with Gasteiger partial charge in [0, 0.05) is 35.3 Å². The second-order valence-electron chi connectivity index (χ2n) is 6.91. The number of anilines is 1. The lowest BCUT2D eigenvalue weighted by atomic mass is 10.1. The molecule has 1 amide bonds. The third-order valence-electron chi connectivity index (χ3n) is 4.78. The number of aryl methyl sites for hydroxylation is 2. The molecule has 9 heteroatoms. The van der Waals surface area contributed by atoms with Gasteiger partial charge >= 0.3 is 0 Å². The van der Waals surface area contributed by atoms with Crippen LogP contribution in [0.5, 0.6) is 11.5 Å². The molecule has 3 aromatic rings. The Kier molecular flexibility index (Phi) is 7.15. The van der Waals surface area contributed by atoms with E-state index < -0.39 is 0 Å². The fourth-order valence-electron chi connectivity index (χ4n) is 3.17. The van der Waals surface area contributed by atoms with Gasteiger partial charge in [-0.15, -0.1) is 5.10 Å². The first kappa shape index (κ1) is 21.9. The van der Waals surface area contributed by atoms with Crippen LogP contribution < -0.4 is 14.8 Å². The summed E-state index contributed by atoms with van der Waals surface area (Å²) in [4.78, 5) is 21.5. The third-order valence-corrected chi connectivity index (χ3v) is 5.62. The number of methoxy groups -OCH3 is 2. The Bertz CT molecular complexity index is 1030. The number of carbonyl (C=O) groups is 1. The topological polar surface area (TPSA) is 90.6 Å². The number of unbranched alkanes of at least 4 members (excludes halogenated alkanes) is 1. The molecule has 8 nitrogen and oxygen atoms in total. The molecule has 0 spiro atoms. The first-order valence-corrected chi connectivity index (χ1v) is 10.8. The molecule has 0 radical (unpaired) electrons. The van der Waals surface area contributed by atoms with E-state index >= 15 is 0 Å². The van der Waals surface area contributed by atoms with Crippen molar-refractivity contribution in [3.63, 3.8) is 0 Å². The number of rotatable bonds is 9. The lowest BCUT2D eigenvalue weighted by Crippen LogP contribution is -2.14. The van der Waals surface area contributed by atoms with Crippen LogP contribution in [0, 0.1) is 13.8 Å². The summed E-state index contributed by atoms with van der Waals surface area (Å²) < 4.78 is 12.2. The van der Waals surface area contributed by atoms with Gasteiger partial charge in [-0.2, -0.15) is 4.98 Å². The van der Waals surface area contributed by atoms with Gasteiger partial charge in [-0.05, 0) is 32.3 Å². The van der Waals surface area contributed by atoms with Crippen LogP contribution in [0.4, 0.5) is 5.69 Å². The Morgan fingerprint density at radius 3 is 2.47 bits per heavy atom. The lowest BCUT2D eigenvalue weighted by molar-refractivity contribution is -0.113. The van der Waals surface area contributed by atoms with E-state index in [4.69, 9.17) is 9.47 Å². The summed E-state index contributed by atoms with van der Waals surface area (Å²) in [6.45, 7) is 6.22. The summed E-state index contributed by atoms with van der Waals surface area (Å²) in [6, 6.07) is 5.22. The summed E-state index contributed by atoms with van der Waals surface area (Å²) in [5, 5.41) is 7.92. The zero-order valence-electron chi connectivity index (χ0n) is 18.0. The summed E-state index contributed by atoms with van der Waals surface area (Å²) in [5.74, 6) is 1.78. The van der Waals surface area contributed by atoms with Crippen LogP contribution in [0.25, 0.3) is 5.78 Å². The van der Waals surface area contributed by atoms with E-state index in [1.807, 2.05) is 13.8 Å². The lowest BCUT2D eigenvalue weighted by Gasteiger charge is -2.09. The number of thioether (sulfide) groups is 1. The molecule has 0 atom stereocenters. The average Bonchev–Trinajstić information content (AvgIpc) is 3.14. The van der Waals surface area contributed by atoms with E-state index in [-0.39, 0.29) is 11.7 Å². The monoisotopic (exact) mass is 429 g/mol. The van der Waals surface area contributed by atoms with Gasteiger partial charge in [0.25, 0.3) is 5.78 Å². The van der Waals surface area contributed by atoms with Crippen LogP contribution in [0.15, 0.2) is 23.4 Å². The number of nitrogens with one attached hydrogen (secondary N) is 1. The molecule has 1 N–H and O–H groups in total. The minimum Gasteiger partial charge on any atom is -0.497 e. The van der Waals surface area contributed by atoms with Gasteiger partial charge in [0.2, 0.25) is 11.1 Å². The summed E-state index contributed by atoms with van der Waals surface area (Å²) in [7, 11) is 3.13. The van der Waals surface area contributed by atoms with Crippen molar-refractivity contribution in [2.24, 2.45) is 0 Å². The highest BCUT2D eigenvalue weighted by atomic mass is 32.2. The quantitative estimate of drug-likeness (QED) is 0.517. The molecule has 30 heavy (non-hydrogen) atoms.